The van der Waals surface area contributed by atoms with Gasteiger partial charge in [0.1, 0.15) is 5.01 Å². The van der Waals surface area contributed by atoms with Crippen LogP contribution in [0.15, 0.2) is 0 Å². The fourth-order valence-electron chi connectivity index (χ4n) is 2.82. The lowest BCUT2D eigenvalue weighted by atomic mass is 10.1. The minimum atomic E-state index is -0.290. The average molecular weight is 328 g/mol. The van der Waals surface area contributed by atoms with Crippen molar-refractivity contribution in [3.05, 3.63) is 5.01 Å². The number of carbonyl (C=O) groups is 1. The molecule has 1 aromatic rings. The predicted molar refractivity (Wildman–Crippen MR) is 85.0 cm³/mol. The van der Waals surface area contributed by atoms with Crippen LogP contribution in [0.1, 0.15) is 44.0 Å². The van der Waals surface area contributed by atoms with Gasteiger partial charge in [-0.1, -0.05) is 25.2 Å². The lowest BCUT2D eigenvalue weighted by Gasteiger charge is -2.22. The molecule has 1 aromatic heterocycles. The van der Waals surface area contributed by atoms with Crippen molar-refractivity contribution in [2.24, 2.45) is 5.92 Å². The van der Waals surface area contributed by atoms with Crippen molar-refractivity contribution in [1.82, 2.24) is 15.1 Å². The first-order valence-electron chi connectivity index (χ1n) is 7.75. The maximum Gasteiger partial charge on any atom is 0.324 e. The second-order valence-corrected chi connectivity index (χ2v) is 6.67. The summed E-state index contributed by atoms with van der Waals surface area (Å²) in [5, 5.41) is 31.0. The highest BCUT2D eigenvalue weighted by molar-refractivity contribution is 7.15. The summed E-state index contributed by atoms with van der Waals surface area (Å²) in [6.45, 7) is 4.60. The van der Waals surface area contributed by atoms with Crippen LogP contribution in [0, 0.1) is 5.92 Å². The molecule has 0 aromatic carbocycles. The van der Waals surface area contributed by atoms with Gasteiger partial charge >= 0.3 is 6.03 Å². The fraction of sp³-hybridized carbons (Fsp3) is 0.786. The molecule has 8 heteroatoms. The van der Waals surface area contributed by atoms with Crippen molar-refractivity contribution in [3.63, 3.8) is 0 Å². The number of rotatable bonds is 6. The van der Waals surface area contributed by atoms with Crippen molar-refractivity contribution in [2.75, 3.05) is 25.1 Å². The standard InChI is InChI=1S/C14H24N4O3S/c1-3-10(4-2)12-16-17-13(22-12)15-14(21)18-6-9(7-19)5-11(18)8-20/h9-11,19-20H,3-8H2,1-2H3,(H,15,17,21). The van der Waals surface area contributed by atoms with Gasteiger partial charge in [0.25, 0.3) is 0 Å². The monoisotopic (exact) mass is 328 g/mol. The molecule has 3 N–H and O–H groups in total. The summed E-state index contributed by atoms with van der Waals surface area (Å²) < 4.78 is 0. The molecule has 2 rings (SSSR count). The van der Waals surface area contributed by atoms with Gasteiger partial charge in [0.2, 0.25) is 5.13 Å². The Morgan fingerprint density at radius 1 is 1.36 bits per heavy atom. The average Bonchev–Trinajstić information content (AvgIpc) is 3.15. The zero-order chi connectivity index (χ0) is 16.1. The summed E-state index contributed by atoms with van der Waals surface area (Å²) in [5.74, 6) is 0.399. The Balaban J connectivity index is 2.00. The number of aromatic nitrogens is 2. The van der Waals surface area contributed by atoms with Gasteiger partial charge in [-0.2, -0.15) is 0 Å². The summed E-state index contributed by atoms with van der Waals surface area (Å²) >= 11 is 1.40. The molecule has 2 atom stereocenters. The van der Waals surface area contributed by atoms with Crippen LogP contribution in [0.25, 0.3) is 0 Å². The number of hydrogen-bond donors (Lipinski definition) is 3. The normalized spacial score (nSPS) is 21.6. The van der Waals surface area contributed by atoms with Gasteiger partial charge in [0, 0.05) is 25.0 Å². The van der Waals surface area contributed by atoms with E-state index in [1.54, 1.807) is 4.90 Å². The highest BCUT2D eigenvalue weighted by atomic mass is 32.1. The third-order valence-electron chi connectivity index (χ3n) is 4.22. The quantitative estimate of drug-likeness (QED) is 0.737. The molecule has 1 saturated heterocycles. The van der Waals surface area contributed by atoms with E-state index in [2.05, 4.69) is 29.4 Å². The van der Waals surface area contributed by atoms with Crippen molar-refractivity contribution >= 4 is 22.5 Å². The summed E-state index contributed by atoms with van der Waals surface area (Å²) in [4.78, 5) is 13.9. The smallest absolute Gasteiger partial charge is 0.324 e. The van der Waals surface area contributed by atoms with Gasteiger partial charge in [-0.15, -0.1) is 10.2 Å². The van der Waals surface area contributed by atoms with Crippen LogP contribution in [0.2, 0.25) is 0 Å². The largest absolute Gasteiger partial charge is 0.396 e. The fourth-order valence-corrected chi connectivity index (χ4v) is 3.82. The number of nitrogens with zero attached hydrogens (tertiary/aromatic N) is 3. The molecule has 7 nitrogen and oxygen atoms in total. The first-order chi connectivity index (χ1) is 10.6. The molecule has 22 heavy (non-hydrogen) atoms. The van der Waals surface area contributed by atoms with Crippen LogP contribution >= 0.6 is 11.3 Å². The van der Waals surface area contributed by atoms with Crippen molar-refractivity contribution < 1.29 is 15.0 Å². The van der Waals surface area contributed by atoms with Gasteiger partial charge in [0.15, 0.2) is 0 Å². The molecule has 2 heterocycles. The lowest BCUT2D eigenvalue weighted by molar-refractivity contribution is 0.166. The number of hydrogen-bond acceptors (Lipinski definition) is 6. The van der Waals surface area contributed by atoms with Crippen LogP contribution in [0.3, 0.4) is 0 Å². The van der Waals surface area contributed by atoms with Gasteiger partial charge in [-0.3, -0.25) is 5.32 Å². The lowest BCUT2D eigenvalue weighted by Crippen LogP contribution is -2.40. The third kappa shape index (κ3) is 3.74. The second-order valence-electron chi connectivity index (χ2n) is 5.66. The Bertz CT molecular complexity index is 492. The molecule has 1 aliphatic heterocycles. The number of aliphatic hydroxyl groups is 2. The van der Waals surface area contributed by atoms with E-state index in [4.69, 9.17) is 0 Å². The van der Waals surface area contributed by atoms with Gasteiger partial charge in [-0.25, -0.2) is 4.79 Å². The Labute approximate surface area is 134 Å². The molecule has 0 saturated carbocycles. The first-order valence-corrected chi connectivity index (χ1v) is 8.57. The number of likely N-dealkylation sites (tertiary alicyclic amines) is 1. The molecule has 0 bridgehead atoms. The van der Waals surface area contributed by atoms with Crippen LogP contribution in [-0.2, 0) is 0 Å². The second kappa shape index (κ2) is 7.85. The molecule has 2 amide bonds. The number of amides is 2. The minimum absolute atomic E-state index is 0.0254. The topological polar surface area (TPSA) is 98.6 Å². The van der Waals surface area contributed by atoms with Crippen molar-refractivity contribution in [3.8, 4) is 0 Å². The maximum atomic E-state index is 12.3. The van der Waals surface area contributed by atoms with E-state index < -0.39 is 0 Å². The molecular weight excluding hydrogens is 304 g/mol. The Morgan fingerprint density at radius 2 is 2.09 bits per heavy atom. The molecule has 0 spiro atoms. The van der Waals surface area contributed by atoms with Crippen molar-refractivity contribution in [2.45, 2.75) is 45.1 Å². The summed E-state index contributed by atoms with van der Waals surface area (Å²) in [6.07, 6.45) is 2.61. The van der Waals surface area contributed by atoms with Gasteiger partial charge in [0.05, 0.1) is 12.6 Å². The van der Waals surface area contributed by atoms with E-state index >= 15 is 0 Å². The summed E-state index contributed by atoms with van der Waals surface area (Å²) in [6, 6.07) is -0.536. The Morgan fingerprint density at radius 3 is 2.68 bits per heavy atom. The number of anilines is 1. The summed E-state index contributed by atoms with van der Waals surface area (Å²) in [5.41, 5.74) is 0. The molecular formula is C14H24N4O3S. The molecule has 1 aliphatic rings. The zero-order valence-electron chi connectivity index (χ0n) is 13.0. The minimum Gasteiger partial charge on any atom is -0.396 e. The highest BCUT2D eigenvalue weighted by Gasteiger charge is 2.34. The molecule has 1 fully saturated rings. The van der Waals surface area contributed by atoms with Crippen LogP contribution in [0.4, 0.5) is 9.93 Å². The third-order valence-corrected chi connectivity index (χ3v) is 5.22. The van der Waals surface area contributed by atoms with Gasteiger partial charge < -0.3 is 15.1 Å². The number of nitrogens with one attached hydrogen (secondary N) is 1. The van der Waals surface area contributed by atoms with Gasteiger partial charge in [-0.05, 0) is 19.3 Å². The maximum absolute atomic E-state index is 12.3. The number of urea groups is 1. The van der Waals surface area contributed by atoms with Crippen LogP contribution in [0.5, 0.6) is 0 Å². The van der Waals surface area contributed by atoms with E-state index in [-0.39, 0.29) is 31.2 Å². The Kier molecular flexibility index (Phi) is 6.10. The van der Waals surface area contributed by atoms with Crippen LogP contribution in [-0.4, -0.2) is 57.1 Å². The molecule has 0 aliphatic carbocycles. The number of carbonyl (C=O) groups excluding carboxylic acids is 1. The zero-order valence-corrected chi connectivity index (χ0v) is 13.8. The van der Waals surface area contributed by atoms with E-state index in [1.165, 1.54) is 11.3 Å². The SMILES string of the molecule is CCC(CC)c1nnc(NC(=O)N2CC(CO)CC2CO)s1. The molecule has 124 valence electrons. The molecule has 0 radical (unpaired) electrons. The first kappa shape index (κ1) is 17.1. The van der Waals surface area contributed by atoms with E-state index in [0.717, 1.165) is 17.8 Å². The van der Waals surface area contributed by atoms with E-state index in [1.807, 2.05) is 0 Å². The number of aliphatic hydroxyl groups excluding tert-OH is 2. The van der Waals surface area contributed by atoms with Crippen LogP contribution < -0.4 is 5.32 Å². The Hall–Kier alpha value is -1.25. The van der Waals surface area contributed by atoms with E-state index in [0.29, 0.717) is 24.0 Å². The molecule has 2 unspecified atom stereocenters. The van der Waals surface area contributed by atoms with E-state index in [9.17, 15) is 15.0 Å². The predicted octanol–water partition coefficient (Wildman–Crippen LogP) is 1.65. The summed E-state index contributed by atoms with van der Waals surface area (Å²) in [7, 11) is 0. The highest BCUT2D eigenvalue weighted by Crippen LogP contribution is 2.29. The van der Waals surface area contributed by atoms with Crippen molar-refractivity contribution in [1.29, 1.82) is 0 Å².